The molecule has 0 saturated carbocycles. The van der Waals surface area contributed by atoms with Crippen LogP contribution in [-0.2, 0) is 12.7 Å². The van der Waals surface area contributed by atoms with Crippen molar-refractivity contribution in [3.63, 3.8) is 0 Å². The second kappa shape index (κ2) is 5.49. The molecule has 7 heteroatoms. The molecule has 0 radical (unpaired) electrons. The zero-order valence-electron chi connectivity index (χ0n) is 11.3. The number of aryl methyl sites for hydroxylation is 2. The molecule has 0 saturated heterocycles. The molecule has 0 aliphatic carbocycles. The molecule has 0 spiro atoms. The number of pyridine rings is 1. The largest absolute Gasteiger partial charge is 0.434 e. The summed E-state index contributed by atoms with van der Waals surface area (Å²) in [5.41, 5.74) is 1.47. The first kappa shape index (κ1) is 14.9. The molecule has 0 aliphatic rings. The fourth-order valence-electron chi connectivity index (χ4n) is 1.89. The monoisotopic (exact) mass is 301 g/mol. The third-order valence-corrected chi connectivity index (χ3v) is 3.78. The summed E-state index contributed by atoms with van der Waals surface area (Å²) in [6.07, 6.45) is -2.81. The van der Waals surface area contributed by atoms with E-state index in [2.05, 4.69) is 15.3 Å². The predicted molar refractivity (Wildman–Crippen MR) is 72.6 cm³/mol. The van der Waals surface area contributed by atoms with Gasteiger partial charge in [-0.2, -0.15) is 13.2 Å². The maximum Gasteiger partial charge on any atom is 0.434 e. The Morgan fingerprint density at radius 2 is 2.00 bits per heavy atom. The standard InChI is InChI=1S/C13H14F3N3S/c1-7-4-8(2)10(18-5-7)12-19-11(13(14,15)16)9(20-12)6-17-3/h4-5,17H,6H2,1-3H3. The summed E-state index contributed by atoms with van der Waals surface area (Å²) in [5.74, 6) is 0. The zero-order chi connectivity index (χ0) is 14.9. The molecule has 0 atom stereocenters. The topological polar surface area (TPSA) is 37.8 Å². The highest BCUT2D eigenvalue weighted by Crippen LogP contribution is 2.37. The molecule has 0 amide bonds. The van der Waals surface area contributed by atoms with Crippen molar-refractivity contribution in [2.24, 2.45) is 0 Å². The van der Waals surface area contributed by atoms with Crippen LogP contribution in [-0.4, -0.2) is 17.0 Å². The average molecular weight is 301 g/mol. The summed E-state index contributed by atoms with van der Waals surface area (Å²) in [5, 5.41) is 3.04. The molecule has 3 nitrogen and oxygen atoms in total. The molecule has 2 rings (SSSR count). The Morgan fingerprint density at radius 1 is 1.30 bits per heavy atom. The number of nitrogens with zero attached hydrogens (tertiary/aromatic N) is 2. The summed E-state index contributed by atoms with van der Waals surface area (Å²) in [6, 6.07) is 1.88. The van der Waals surface area contributed by atoms with E-state index in [9.17, 15) is 13.2 Å². The molecular weight excluding hydrogens is 287 g/mol. The molecule has 108 valence electrons. The first-order valence-corrected chi connectivity index (χ1v) is 6.79. The number of hydrogen-bond acceptors (Lipinski definition) is 4. The molecule has 0 fully saturated rings. The Bertz CT molecular complexity index is 620. The highest BCUT2D eigenvalue weighted by atomic mass is 32.1. The maximum absolute atomic E-state index is 13.0. The second-order valence-electron chi connectivity index (χ2n) is 4.50. The van der Waals surface area contributed by atoms with Gasteiger partial charge in [-0.05, 0) is 32.0 Å². The molecular formula is C13H14F3N3S. The van der Waals surface area contributed by atoms with Crippen LogP contribution in [0.25, 0.3) is 10.7 Å². The predicted octanol–water partition coefficient (Wildman–Crippen LogP) is 3.56. The quantitative estimate of drug-likeness (QED) is 0.942. The Kier molecular flexibility index (Phi) is 4.10. The van der Waals surface area contributed by atoms with Gasteiger partial charge < -0.3 is 5.32 Å². The number of nitrogens with one attached hydrogen (secondary N) is 1. The minimum atomic E-state index is -4.44. The highest BCUT2D eigenvalue weighted by Gasteiger charge is 2.37. The molecule has 0 aromatic carbocycles. The van der Waals surface area contributed by atoms with Crippen molar-refractivity contribution in [2.75, 3.05) is 7.05 Å². The van der Waals surface area contributed by atoms with E-state index >= 15 is 0 Å². The van der Waals surface area contributed by atoms with Crippen molar-refractivity contribution in [3.05, 3.63) is 34.0 Å². The molecule has 1 N–H and O–H groups in total. The first-order chi connectivity index (χ1) is 9.32. The van der Waals surface area contributed by atoms with Gasteiger partial charge in [-0.3, -0.25) is 4.98 Å². The van der Waals surface area contributed by atoms with Crippen LogP contribution in [0.15, 0.2) is 12.3 Å². The van der Waals surface area contributed by atoms with E-state index in [1.165, 1.54) is 0 Å². The third-order valence-electron chi connectivity index (χ3n) is 2.72. The average Bonchev–Trinajstić information content (AvgIpc) is 2.73. The van der Waals surface area contributed by atoms with Crippen LogP contribution in [0.5, 0.6) is 0 Å². The molecule has 0 bridgehead atoms. The molecule has 20 heavy (non-hydrogen) atoms. The van der Waals surface area contributed by atoms with E-state index in [-0.39, 0.29) is 11.4 Å². The fourth-order valence-corrected chi connectivity index (χ4v) is 3.05. The summed E-state index contributed by atoms with van der Waals surface area (Å²) >= 11 is 1.03. The lowest BCUT2D eigenvalue weighted by Crippen LogP contribution is -2.12. The van der Waals surface area contributed by atoms with Crippen molar-refractivity contribution in [1.82, 2.24) is 15.3 Å². The Hall–Kier alpha value is -1.47. The van der Waals surface area contributed by atoms with Crippen LogP contribution >= 0.6 is 11.3 Å². The smallest absolute Gasteiger partial charge is 0.315 e. The van der Waals surface area contributed by atoms with E-state index in [4.69, 9.17) is 0 Å². The van der Waals surface area contributed by atoms with Crippen molar-refractivity contribution < 1.29 is 13.2 Å². The van der Waals surface area contributed by atoms with E-state index in [0.29, 0.717) is 10.7 Å². The Labute approximate surface area is 118 Å². The van der Waals surface area contributed by atoms with Gasteiger partial charge in [-0.15, -0.1) is 11.3 Å². The van der Waals surface area contributed by atoms with Crippen LogP contribution < -0.4 is 5.32 Å². The number of aromatic nitrogens is 2. The number of thiazole rings is 1. The highest BCUT2D eigenvalue weighted by molar-refractivity contribution is 7.15. The van der Waals surface area contributed by atoms with Gasteiger partial charge in [-0.25, -0.2) is 4.98 Å². The summed E-state index contributed by atoms with van der Waals surface area (Å²) in [7, 11) is 1.61. The summed E-state index contributed by atoms with van der Waals surface area (Å²) in [6.45, 7) is 3.85. The fraction of sp³-hybridized carbons (Fsp3) is 0.385. The van der Waals surface area contributed by atoms with Gasteiger partial charge in [0.15, 0.2) is 5.69 Å². The van der Waals surface area contributed by atoms with E-state index < -0.39 is 11.9 Å². The van der Waals surface area contributed by atoms with Crippen molar-refractivity contribution in [1.29, 1.82) is 0 Å². The van der Waals surface area contributed by atoms with Gasteiger partial charge in [0.2, 0.25) is 0 Å². The molecule has 2 aromatic heterocycles. The lowest BCUT2D eigenvalue weighted by molar-refractivity contribution is -0.141. The number of hydrogen-bond donors (Lipinski definition) is 1. The van der Waals surface area contributed by atoms with Gasteiger partial charge >= 0.3 is 6.18 Å². The van der Waals surface area contributed by atoms with E-state index in [1.807, 2.05) is 19.9 Å². The summed E-state index contributed by atoms with van der Waals surface area (Å²) in [4.78, 5) is 8.13. The van der Waals surface area contributed by atoms with Crippen LogP contribution in [0, 0.1) is 13.8 Å². The zero-order valence-corrected chi connectivity index (χ0v) is 12.1. The third kappa shape index (κ3) is 2.99. The van der Waals surface area contributed by atoms with Crippen LogP contribution in [0.4, 0.5) is 13.2 Å². The van der Waals surface area contributed by atoms with Gasteiger partial charge in [0.05, 0.1) is 4.88 Å². The number of halogens is 3. The van der Waals surface area contributed by atoms with Crippen LogP contribution in [0.1, 0.15) is 21.7 Å². The van der Waals surface area contributed by atoms with Crippen molar-refractivity contribution >= 4 is 11.3 Å². The Morgan fingerprint density at radius 3 is 2.55 bits per heavy atom. The number of rotatable bonds is 3. The SMILES string of the molecule is CNCc1sc(-c2ncc(C)cc2C)nc1C(F)(F)F. The summed E-state index contributed by atoms with van der Waals surface area (Å²) < 4.78 is 38.9. The first-order valence-electron chi connectivity index (χ1n) is 5.98. The number of alkyl halides is 3. The maximum atomic E-state index is 13.0. The second-order valence-corrected chi connectivity index (χ2v) is 5.58. The van der Waals surface area contributed by atoms with Crippen LogP contribution in [0.2, 0.25) is 0 Å². The minimum Gasteiger partial charge on any atom is -0.315 e. The molecule has 2 aromatic rings. The normalized spacial score (nSPS) is 11.9. The van der Waals surface area contributed by atoms with Gasteiger partial charge in [0, 0.05) is 12.7 Å². The van der Waals surface area contributed by atoms with E-state index in [0.717, 1.165) is 22.5 Å². The lowest BCUT2D eigenvalue weighted by atomic mass is 10.2. The van der Waals surface area contributed by atoms with Gasteiger partial charge in [0.25, 0.3) is 0 Å². The molecule has 2 heterocycles. The molecule has 0 unspecified atom stereocenters. The molecule has 0 aliphatic heterocycles. The van der Waals surface area contributed by atoms with Gasteiger partial charge in [0.1, 0.15) is 10.7 Å². The van der Waals surface area contributed by atoms with Crippen molar-refractivity contribution in [3.8, 4) is 10.7 Å². The van der Waals surface area contributed by atoms with E-state index in [1.54, 1.807) is 13.2 Å². The van der Waals surface area contributed by atoms with Crippen LogP contribution in [0.3, 0.4) is 0 Å². The van der Waals surface area contributed by atoms with Crippen molar-refractivity contribution in [2.45, 2.75) is 26.6 Å². The Balaban J connectivity index is 2.53. The minimum absolute atomic E-state index is 0.136. The lowest BCUT2D eigenvalue weighted by Gasteiger charge is -2.05. The van der Waals surface area contributed by atoms with Gasteiger partial charge in [-0.1, -0.05) is 6.07 Å².